The van der Waals surface area contributed by atoms with E-state index in [4.69, 9.17) is 11.6 Å². The molecule has 3 aromatic rings. The highest BCUT2D eigenvalue weighted by atomic mass is 35.5. The standard InChI is InChI=1S/C17H13ClF6N6O.3H2/c1-7(15(31)28-6-16(19,20)21)29-14-11(17(22,23)24)5-27-13(30-14)10-4-26-12-9(10)2-8(18)3-25-12;;;/h2-5,7H,6H2,1H3,(H,25,26)(H,28,31)(H,27,29,30);3*1H/t7-;;;/m0.../s1. The summed E-state index contributed by atoms with van der Waals surface area (Å²) in [6.45, 7) is -0.523. The van der Waals surface area contributed by atoms with Gasteiger partial charge in [-0.25, -0.2) is 15.0 Å². The maximum Gasteiger partial charge on any atom is 0.421 e. The summed E-state index contributed by atoms with van der Waals surface area (Å²) in [7, 11) is 0. The third kappa shape index (κ3) is 5.34. The van der Waals surface area contributed by atoms with E-state index in [2.05, 4.69) is 25.3 Å². The van der Waals surface area contributed by atoms with Gasteiger partial charge >= 0.3 is 12.4 Å². The van der Waals surface area contributed by atoms with Crippen LogP contribution in [0.5, 0.6) is 0 Å². The van der Waals surface area contributed by atoms with Crippen molar-refractivity contribution in [3.63, 3.8) is 0 Å². The molecule has 1 amide bonds. The summed E-state index contributed by atoms with van der Waals surface area (Å²) in [5.41, 5.74) is -0.615. The summed E-state index contributed by atoms with van der Waals surface area (Å²) in [4.78, 5) is 26.3. The zero-order valence-corrected chi connectivity index (χ0v) is 16.2. The zero-order valence-electron chi connectivity index (χ0n) is 15.5. The quantitative estimate of drug-likeness (QED) is 0.459. The minimum atomic E-state index is -4.88. The Bertz CT molecular complexity index is 1130. The van der Waals surface area contributed by atoms with Gasteiger partial charge in [-0.2, -0.15) is 26.3 Å². The Morgan fingerprint density at radius 3 is 2.58 bits per heavy atom. The molecular weight excluding hydrogens is 454 g/mol. The first-order valence-electron chi connectivity index (χ1n) is 8.53. The third-order valence-corrected chi connectivity index (χ3v) is 4.25. The highest BCUT2D eigenvalue weighted by Gasteiger charge is 2.36. The van der Waals surface area contributed by atoms with E-state index in [1.54, 1.807) is 5.32 Å². The smallest absolute Gasteiger partial charge is 0.358 e. The average Bonchev–Trinajstić information content (AvgIpc) is 3.07. The first-order valence-corrected chi connectivity index (χ1v) is 8.91. The van der Waals surface area contributed by atoms with Gasteiger partial charge in [-0.15, -0.1) is 0 Å². The van der Waals surface area contributed by atoms with E-state index in [1.165, 1.54) is 18.5 Å². The number of carbonyl (C=O) groups excluding carboxylic acids is 1. The van der Waals surface area contributed by atoms with E-state index in [-0.39, 0.29) is 20.7 Å². The van der Waals surface area contributed by atoms with Crippen molar-refractivity contribution in [2.45, 2.75) is 25.3 Å². The first kappa shape index (κ1) is 22.6. The van der Waals surface area contributed by atoms with E-state index in [0.717, 1.165) is 6.92 Å². The number of halogens is 7. The highest BCUT2D eigenvalue weighted by Crippen LogP contribution is 2.35. The minimum absolute atomic E-state index is 0. The van der Waals surface area contributed by atoms with Crippen molar-refractivity contribution in [2.75, 3.05) is 11.9 Å². The number of nitrogens with one attached hydrogen (secondary N) is 3. The van der Waals surface area contributed by atoms with Crippen LogP contribution in [0.4, 0.5) is 32.2 Å². The monoisotopic (exact) mass is 472 g/mol. The number of nitrogens with zero attached hydrogens (tertiary/aromatic N) is 3. The Hall–Kier alpha value is -3.09. The number of rotatable bonds is 5. The van der Waals surface area contributed by atoms with E-state index in [9.17, 15) is 31.1 Å². The molecule has 172 valence electrons. The topological polar surface area (TPSA) is 95.6 Å². The van der Waals surface area contributed by atoms with Gasteiger partial charge in [0.25, 0.3) is 0 Å². The first-order chi connectivity index (χ1) is 14.3. The summed E-state index contributed by atoms with van der Waals surface area (Å²) in [5.74, 6) is -2.07. The summed E-state index contributed by atoms with van der Waals surface area (Å²) in [5, 5.41) is 4.52. The lowest BCUT2D eigenvalue weighted by Crippen LogP contribution is -2.42. The van der Waals surface area contributed by atoms with Crippen molar-refractivity contribution in [1.29, 1.82) is 0 Å². The van der Waals surface area contributed by atoms with Gasteiger partial charge in [0.2, 0.25) is 5.91 Å². The summed E-state index contributed by atoms with van der Waals surface area (Å²) < 4.78 is 77.0. The lowest BCUT2D eigenvalue weighted by Gasteiger charge is -2.19. The SMILES string of the molecule is C[C@H](Nc1nc(-c2c[nH]c3ncc(Cl)cc23)ncc1C(F)(F)F)C(=O)NCC(F)(F)F.[HH].[HH].[HH]. The fraction of sp³-hybridized carbons (Fsp3) is 0.294. The van der Waals surface area contributed by atoms with E-state index in [0.29, 0.717) is 17.2 Å². The van der Waals surface area contributed by atoms with Crippen LogP contribution < -0.4 is 10.6 Å². The lowest BCUT2D eigenvalue weighted by molar-refractivity contribution is -0.139. The fourth-order valence-electron chi connectivity index (χ4n) is 2.60. The van der Waals surface area contributed by atoms with Crippen molar-refractivity contribution < 1.29 is 35.4 Å². The van der Waals surface area contributed by atoms with Crippen molar-refractivity contribution >= 4 is 34.4 Å². The van der Waals surface area contributed by atoms with Crippen LogP contribution in [0.1, 0.15) is 16.8 Å². The van der Waals surface area contributed by atoms with Crippen LogP contribution in [-0.4, -0.2) is 44.6 Å². The molecule has 1 atom stereocenters. The Morgan fingerprint density at radius 1 is 1.23 bits per heavy atom. The number of alkyl halides is 6. The minimum Gasteiger partial charge on any atom is -0.358 e. The van der Waals surface area contributed by atoms with Gasteiger partial charge < -0.3 is 15.6 Å². The van der Waals surface area contributed by atoms with Gasteiger partial charge in [0.1, 0.15) is 29.6 Å². The molecule has 14 heteroatoms. The number of aromatic amines is 1. The van der Waals surface area contributed by atoms with Gasteiger partial charge in [0.05, 0.1) is 5.02 Å². The summed E-state index contributed by atoms with van der Waals surface area (Å²) >= 11 is 5.91. The molecule has 0 saturated heterocycles. The molecule has 3 rings (SSSR count). The zero-order chi connectivity index (χ0) is 23.0. The number of carbonyl (C=O) groups is 1. The Morgan fingerprint density at radius 2 is 1.94 bits per heavy atom. The van der Waals surface area contributed by atoms with Crippen molar-refractivity contribution in [2.24, 2.45) is 0 Å². The molecule has 0 spiro atoms. The van der Waals surface area contributed by atoms with Gasteiger partial charge in [0.15, 0.2) is 5.82 Å². The molecule has 31 heavy (non-hydrogen) atoms. The molecular formula is C17H19ClF6N6O. The number of H-pyrrole nitrogens is 1. The van der Waals surface area contributed by atoms with Crippen LogP contribution in [0.15, 0.2) is 24.7 Å². The molecule has 0 unspecified atom stereocenters. The van der Waals surface area contributed by atoms with Crippen LogP contribution in [0, 0.1) is 0 Å². The molecule has 3 heterocycles. The normalized spacial score (nSPS) is 13.3. The predicted molar refractivity (Wildman–Crippen MR) is 106 cm³/mol. The molecule has 0 bridgehead atoms. The van der Waals surface area contributed by atoms with Crippen LogP contribution in [0.2, 0.25) is 5.02 Å². The molecule has 0 aliphatic rings. The van der Waals surface area contributed by atoms with Crippen molar-refractivity contribution in [3.05, 3.63) is 35.2 Å². The summed E-state index contributed by atoms with van der Waals surface area (Å²) in [6, 6.07) is 0.0575. The van der Waals surface area contributed by atoms with Gasteiger partial charge in [0, 0.05) is 33.8 Å². The summed E-state index contributed by atoms with van der Waals surface area (Å²) in [6.07, 6.45) is -6.25. The maximum atomic E-state index is 13.4. The molecule has 0 fully saturated rings. The molecule has 0 saturated carbocycles. The van der Waals surface area contributed by atoms with E-state index < -0.39 is 42.2 Å². The average molecular weight is 473 g/mol. The Kier molecular flexibility index (Phi) is 5.98. The fourth-order valence-corrected chi connectivity index (χ4v) is 2.76. The van der Waals surface area contributed by atoms with Crippen LogP contribution in [0.25, 0.3) is 22.4 Å². The molecule has 0 aromatic carbocycles. The molecule has 0 radical (unpaired) electrons. The Balaban J connectivity index is 0.00000363. The van der Waals surface area contributed by atoms with Crippen LogP contribution in [0.3, 0.4) is 0 Å². The second kappa shape index (κ2) is 8.21. The maximum absolute atomic E-state index is 13.4. The molecule has 3 aromatic heterocycles. The Labute approximate surface area is 179 Å². The van der Waals surface area contributed by atoms with E-state index >= 15 is 0 Å². The van der Waals surface area contributed by atoms with E-state index in [1.807, 2.05) is 0 Å². The van der Waals surface area contributed by atoms with Gasteiger partial charge in [-0.3, -0.25) is 4.79 Å². The number of fused-ring (bicyclic) bond motifs is 1. The highest BCUT2D eigenvalue weighted by molar-refractivity contribution is 6.31. The van der Waals surface area contributed by atoms with Gasteiger partial charge in [-0.1, -0.05) is 11.6 Å². The van der Waals surface area contributed by atoms with Crippen LogP contribution in [-0.2, 0) is 11.0 Å². The number of amides is 1. The number of hydrogen-bond acceptors (Lipinski definition) is 5. The number of pyridine rings is 1. The number of anilines is 1. The van der Waals surface area contributed by atoms with Crippen LogP contribution >= 0.6 is 11.6 Å². The largest absolute Gasteiger partial charge is 0.421 e. The van der Waals surface area contributed by atoms with Crippen molar-refractivity contribution in [3.8, 4) is 11.4 Å². The second-order valence-electron chi connectivity index (χ2n) is 6.40. The molecule has 3 N–H and O–H groups in total. The molecule has 7 nitrogen and oxygen atoms in total. The number of hydrogen-bond donors (Lipinski definition) is 3. The van der Waals surface area contributed by atoms with Gasteiger partial charge in [-0.05, 0) is 13.0 Å². The lowest BCUT2D eigenvalue weighted by atomic mass is 10.2. The third-order valence-electron chi connectivity index (χ3n) is 4.04. The predicted octanol–water partition coefficient (Wildman–Crippen LogP) is 4.91. The number of aromatic nitrogens is 4. The molecule has 0 aliphatic carbocycles. The van der Waals surface area contributed by atoms with Crippen molar-refractivity contribution in [1.82, 2.24) is 25.3 Å². The molecule has 0 aliphatic heterocycles. The second-order valence-corrected chi connectivity index (χ2v) is 6.84.